The molecular weight excluding hydrogens is 869 g/mol. The van der Waals surface area contributed by atoms with E-state index in [4.69, 9.17) is 61.5 Å². The van der Waals surface area contributed by atoms with Gasteiger partial charge >= 0.3 is 30.5 Å². The minimum absolute atomic E-state index is 0.0415. The maximum absolute atomic E-state index is 14.0. The Kier molecular flexibility index (Phi) is 11.9. The van der Waals surface area contributed by atoms with Gasteiger partial charge in [-0.3, -0.25) is 0 Å². The monoisotopic (exact) mass is 888 g/mol. The second kappa shape index (κ2) is 15.6. The van der Waals surface area contributed by atoms with Crippen molar-refractivity contribution in [3.63, 3.8) is 0 Å². The molecular formula is C36H21Cl4F9N2O6. The number of aromatic carboxylic acids is 2. The maximum atomic E-state index is 14.0. The molecule has 0 fully saturated rings. The zero-order valence-corrected chi connectivity index (χ0v) is 31.2. The van der Waals surface area contributed by atoms with Crippen LogP contribution in [0.2, 0.25) is 20.1 Å². The molecule has 0 bridgehead atoms. The Balaban J connectivity index is 0.000000219. The van der Waals surface area contributed by atoms with Crippen LogP contribution in [0.5, 0.6) is 0 Å². The Hall–Kier alpha value is -4.71. The second-order valence-electron chi connectivity index (χ2n) is 12.4. The van der Waals surface area contributed by atoms with Crippen molar-refractivity contribution in [2.75, 3.05) is 0 Å². The molecule has 0 saturated carbocycles. The van der Waals surface area contributed by atoms with Gasteiger partial charge in [-0.05, 0) is 72.6 Å². The highest BCUT2D eigenvalue weighted by Crippen LogP contribution is 2.52. The van der Waals surface area contributed by atoms with Crippen molar-refractivity contribution in [1.82, 2.24) is 0 Å². The number of nitrogens with zero attached hydrogens (tertiary/aromatic N) is 2. The lowest BCUT2D eigenvalue weighted by Crippen LogP contribution is -2.42. The van der Waals surface area contributed by atoms with E-state index in [1.807, 2.05) is 0 Å². The lowest BCUT2D eigenvalue weighted by molar-refractivity contribution is -0.276. The summed E-state index contributed by atoms with van der Waals surface area (Å²) in [6.45, 7) is 1.55. The summed E-state index contributed by atoms with van der Waals surface area (Å²) in [4.78, 5) is 31.9. The van der Waals surface area contributed by atoms with Gasteiger partial charge in [-0.1, -0.05) is 74.9 Å². The van der Waals surface area contributed by atoms with E-state index in [0.29, 0.717) is 17.2 Å². The van der Waals surface area contributed by atoms with Crippen molar-refractivity contribution >= 4 is 69.8 Å². The predicted octanol–water partition coefficient (Wildman–Crippen LogP) is 11.9. The average Bonchev–Trinajstić information content (AvgIpc) is 3.75. The normalized spacial score (nSPS) is 19.5. The van der Waals surface area contributed by atoms with Crippen LogP contribution in [0.15, 0.2) is 83.1 Å². The molecule has 0 spiro atoms. The fourth-order valence-corrected chi connectivity index (χ4v) is 7.09. The Labute approximate surface area is 335 Å². The van der Waals surface area contributed by atoms with Crippen LogP contribution in [-0.2, 0) is 27.1 Å². The lowest BCUT2D eigenvalue weighted by Gasteiger charge is -2.29. The van der Waals surface area contributed by atoms with Crippen molar-refractivity contribution < 1.29 is 69.0 Å². The molecule has 0 saturated heterocycles. The van der Waals surface area contributed by atoms with E-state index in [2.05, 4.69) is 15.1 Å². The fraction of sp³-hybridized carbons (Fsp3) is 0.222. The van der Waals surface area contributed by atoms with Crippen LogP contribution >= 0.6 is 46.4 Å². The highest BCUT2D eigenvalue weighted by atomic mass is 35.5. The Morgan fingerprint density at radius 2 is 1.07 bits per heavy atom. The molecule has 2 aliphatic rings. The van der Waals surface area contributed by atoms with Gasteiger partial charge in [0.1, 0.15) is 0 Å². The molecule has 0 amide bonds. The smallest absolute Gasteiger partial charge is 0.435 e. The van der Waals surface area contributed by atoms with Crippen LogP contribution < -0.4 is 0 Å². The first-order chi connectivity index (χ1) is 26.3. The minimum atomic E-state index is -5.17. The summed E-state index contributed by atoms with van der Waals surface area (Å²) in [6.07, 6.45) is -16.8. The molecule has 0 radical (unpaired) electrons. The van der Waals surface area contributed by atoms with Crippen molar-refractivity contribution in [3.05, 3.63) is 137 Å². The number of oxime groups is 2. The van der Waals surface area contributed by atoms with Crippen molar-refractivity contribution in [3.8, 4) is 0 Å². The summed E-state index contributed by atoms with van der Waals surface area (Å²) in [5.41, 5.74) is -10.2. The molecule has 8 nitrogen and oxygen atoms in total. The van der Waals surface area contributed by atoms with Gasteiger partial charge in [-0.2, -0.15) is 39.5 Å². The Morgan fingerprint density at radius 3 is 1.47 bits per heavy atom. The number of alkyl halides is 9. The second-order valence-corrected chi connectivity index (χ2v) is 14.2. The minimum Gasteiger partial charge on any atom is -0.478 e. The van der Waals surface area contributed by atoms with E-state index >= 15 is 0 Å². The molecule has 6 rings (SSSR count). The van der Waals surface area contributed by atoms with E-state index in [-0.39, 0.29) is 36.9 Å². The lowest BCUT2D eigenvalue weighted by atomic mass is 9.85. The zero-order valence-electron chi connectivity index (χ0n) is 28.2. The van der Waals surface area contributed by atoms with E-state index in [9.17, 15) is 49.1 Å². The van der Waals surface area contributed by atoms with Crippen molar-refractivity contribution in [2.24, 2.45) is 10.3 Å². The van der Waals surface area contributed by atoms with Crippen molar-refractivity contribution in [2.45, 2.75) is 49.5 Å². The molecule has 0 aliphatic carbocycles. The SMILES string of the molecule is Cc1cc(C2=NOC(c3cc(Cl)cc(Cl)c3)(C(F)(F)F)C2)ccc1C(=O)O.O=C(O)c1cccc(C2=NOC(c3cc(Cl)cc(Cl)c3)(C(F)(F)F)C2)c1C(F)(F)F. The number of hydrogen-bond acceptors (Lipinski definition) is 6. The zero-order chi connectivity index (χ0) is 42.5. The van der Waals surface area contributed by atoms with Gasteiger partial charge in [-0.25, -0.2) is 9.59 Å². The molecule has 2 unspecified atom stereocenters. The predicted molar refractivity (Wildman–Crippen MR) is 189 cm³/mol. The highest BCUT2D eigenvalue weighted by molar-refractivity contribution is 6.35. The van der Waals surface area contributed by atoms with E-state index in [0.717, 1.165) is 36.4 Å². The molecule has 302 valence electrons. The molecule has 2 atom stereocenters. The first-order valence-electron chi connectivity index (χ1n) is 15.6. The number of halogens is 13. The van der Waals surface area contributed by atoms with Crippen LogP contribution in [0.1, 0.15) is 66.9 Å². The number of rotatable bonds is 6. The summed E-state index contributed by atoms with van der Waals surface area (Å²) in [6, 6.07) is 13.3. The first kappa shape index (κ1) is 43.4. The van der Waals surface area contributed by atoms with E-state index in [1.54, 1.807) is 6.92 Å². The summed E-state index contributed by atoms with van der Waals surface area (Å²) in [5, 5.41) is 24.8. The Morgan fingerprint density at radius 1 is 0.632 bits per heavy atom. The van der Waals surface area contributed by atoms with Crippen molar-refractivity contribution in [1.29, 1.82) is 0 Å². The highest BCUT2D eigenvalue weighted by Gasteiger charge is 2.64. The van der Waals surface area contributed by atoms with Crippen LogP contribution in [0, 0.1) is 6.92 Å². The van der Waals surface area contributed by atoms with E-state index in [1.165, 1.54) is 30.3 Å². The van der Waals surface area contributed by atoms with Gasteiger partial charge in [-0.15, -0.1) is 0 Å². The van der Waals surface area contributed by atoms with Gasteiger partial charge in [0.25, 0.3) is 11.2 Å². The number of hydrogen-bond donors (Lipinski definition) is 2. The summed E-state index contributed by atoms with van der Waals surface area (Å²) in [5.74, 6) is -3.02. The maximum Gasteiger partial charge on any atom is 0.435 e. The molecule has 2 N–H and O–H groups in total. The quantitative estimate of drug-likeness (QED) is 0.186. The number of carbonyl (C=O) groups is 2. The van der Waals surface area contributed by atoms with Gasteiger partial charge in [0, 0.05) is 49.6 Å². The van der Waals surface area contributed by atoms with E-state index < -0.39 is 82.5 Å². The number of carboxylic acid groups (broad SMARTS) is 2. The standard InChI is InChI=1S/C18H9Cl2F6NO3.C18H12Cl2F3NO3/c19-9-4-8(5-10(20)6-9)16(18(24,25)26)7-13(27-30-16)11-2-1-3-12(15(28)29)14(11)17(21,22)23;1-9-4-10(2-3-14(9)16(25)26)15-8-17(27-24-15,18(21,22)23)11-5-12(19)7-13(20)6-11/h1-6H,7H2,(H,28,29);2-7H,8H2,1H3,(H,25,26). The van der Waals surface area contributed by atoms with Crippen LogP contribution in [0.25, 0.3) is 0 Å². The van der Waals surface area contributed by atoms with Crippen LogP contribution in [0.3, 0.4) is 0 Å². The largest absolute Gasteiger partial charge is 0.478 e. The van der Waals surface area contributed by atoms with Gasteiger partial charge in [0.05, 0.1) is 28.1 Å². The number of carboxylic acids is 2. The fourth-order valence-electron chi connectivity index (χ4n) is 6.04. The summed E-state index contributed by atoms with van der Waals surface area (Å²) < 4.78 is 124. The first-order valence-corrected chi connectivity index (χ1v) is 17.2. The Bertz CT molecular complexity index is 2290. The number of aryl methyl sites for hydroxylation is 1. The molecule has 57 heavy (non-hydrogen) atoms. The third-order valence-corrected chi connectivity index (χ3v) is 9.58. The molecule has 0 aromatic heterocycles. The molecule has 21 heteroatoms. The molecule has 4 aromatic rings. The van der Waals surface area contributed by atoms with Gasteiger partial charge < -0.3 is 19.9 Å². The van der Waals surface area contributed by atoms with Gasteiger partial charge in [0.15, 0.2) is 0 Å². The summed E-state index contributed by atoms with van der Waals surface area (Å²) in [7, 11) is 0. The van der Waals surface area contributed by atoms with Gasteiger partial charge in [0.2, 0.25) is 0 Å². The third-order valence-electron chi connectivity index (χ3n) is 8.71. The molecule has 2 aliphatic heterocycles. The number of benzene rings is 4. The summed E-state index contributed by atoms with van der Waals surface area (Å²) >= 11 is 23.3. The molecule has 2 heterocycles. The van der Waals surface area contributed by atoms with Crippen LogP contribution in [-0.4, -0.2) is 45.9 Å². The van der Waals surface area contributed by atoms with Crippen LogP contribution in [0.4, 0.5) is 39.5 Å². The molecule has 4 aromatic carbocycles. The average molecular weight is 890 g/mol. The third kappa shape index (κ3) is 8.61. The topological polar surface area (TPSA) is 118 Å².